The third-order valence-electron chi connectivity index (χ3n) is 6.54. The van der Waals surface area contributed by atoms with Crippen LogP contribution in [0, 0.1) is 20.8 Å². The van der Waals surface area contributed by atoms with Crippen molar-refractivity contribution in [2.75, 3.05) is 19.6 Å². The van der Waals surface area contributed by atoms with E-state index in [1.54, 1.807) is 0 Å². The maximum absolute atomic E-state index is 10.7. The van der Waals surface area contributed by atoms with Crippen molar-refractivity contribution >= 4 is 0 Å². The average molecular weight is 382 g/mol. The predicted octanol–water partition coefficient (Wildman–Crippen LogP) is 4.00. The first-order valence-corrected chi connectivity index (χ1v) is 10.3. The van der Waals surface area contributed by atoms with Crippen LogP contribution in [0.1, 0.15) is 59.3 Å². The van der Waals surface area contributed by atoms with Gasteiger partial charge in [-0.1, -0.05) is 29.8 Å². The Labute approximate surface area is 167 Å². The van der Waals surface area contributed by atoms with Gasteiger partial charge in [-0.3, -0.25) is 0 Å². The molecule has 2 aliphatic rings. The molecule has 4 heteroatoms. The highest BCUT2D eigenvalue weighted by Crippen LogP contribution is 2.45. The third kappa shape index (κ3) is 3.82. The number of hydrogen-bond donors (Lipinski definition) is 2. The molecule has 28 heavy (non-hydrogen) atoms. The molecule has 0 radical (unpaired) electrons. The molecule has 1 spiro atoms. The molecule has 1 saturated heterocycles. The maximum atomic E-state index is 10.7. The van der Waals surface area contributed by atoms with Crippen molar-refractivity contribution in [3.05, 3.63) is 64.2 Å². The van der Waals surface area contributed by atoms with Crippen LogP contribution in [0.5, 0.6) is 5.75 Å². The Morgan fingerprint density at radius 3 is 2.39 bits per heavy atom. The van der Waals surface area contributed by atoms with Gasteiger partial charge in [0.25, 0.3) is 0 Å². The van der Waals surface area contributed by atoms with Crippen molar-refractivity contribution in [3.8, 4) is 5.75 Å². The van der Waals surface area contributed by atoms with Crippen LogP contribution < -0.4 is 4.74 Å². The Bertz CT molecular complexity index is 838. The summed E-state index contributed by atoms with van der Waals surface area (Å²) < 4.78 is 6.47. The van der Waals surface area contributed by atoms with E-state index in [1.807, 2.05) is 24.3 Å². The van der Waals surface area contributed by atoms with Gasteiger partial charge in [0.05, 0.1) is 12.2 Å². The second-order valence-corrected chi connectivity index (χ2v) is 8.71. The van der Waals surface area contributed by atoms with Crippen LogP contribution in [0.4, 0.5) is 0 Å². The summed E-state index contributed by atoms with van der Waals surface area (Å²) in [6, 6.07) is 12.2. The van der Waals surface area contributed by atoms with Crippen LogP contribution in [0.3, 0.4) is 0 Å². The van der Waals surface area contributed by atoms with Crippen molar-refractivity contribution in [1.82, 2.24) is 4.90 Å². The number of rotatable bonds is 3. The van der Waals surface area contributed by atoms with Crippen molar-refractivity contribution in [1.29, 1.82) is 0 Å². The van der Waals surface area contributed by atoms with E-state index in [-0.39, 0.29) is 5.60 Å². The number of likely N-dealkylation sites (tertiary alicyclic amines) is 1. The topological polar surface area (TPSA) is 52.9 Å². The monoisotopic (exact) mass is 381 g/mol. The second kappa shape index (κ2) is 7.51. The summed E-state index contributed by atoms with van der Waals surface area (Å²) in [6.07, 6.45) is 1.46. The van der Waals surface area contributed by atoms with E-state index < -0.39 is 12.2 Å². The van der Waals surface area contributed by atoms with Crippen LogP contribution >= 0.6 is 0 Å². The zero-order valence-corrected chi connectivity index (χ0v) is 17.1. The molecule has 2 aromatic carbocycles. The minimum Gasteiger partial charge on any atom is -0.487 e. The molecule has 1 fully saturated rings. The number of nitrogens with zero attached hydrogens (tertiary/aromatic N) is 1. The first-order chi connectivity index (χ1) is 13.3. The fourth-order valence-corrected chi connectivity index (χ4v) is 4.49. The highest BCUT2D eigenvalue weighted by Gasteiger charge is 2.43. The lowest BCUT2D eigenvalue weighted by atomic mass is 9.81. The molecule has 0 saturated carbocycles. The minimum absolute atomic E-state index is 0.292. The summed E-state index contributed by atoms with van der Waals surface area (Å²) in [5, 5.41) is 21.3. The van der Waals surface area contributed by atoms with Crippen molar-refractivity contribution in [3.63, 3.8) is 0 Å². The highest BCUT2D eigenvalue weighted by molar-refractivity contribution is 5.45. The van der Waals surface area contributed by atoms with Crippen LogP contribution in [0.15, 0.2) is 36.4 Å². The standard InChI is InChI=1S/C24H31NO3/c1-16-4-6-19(7-5-16)22(27)15-25-10-8-24(9-11-25)14-21(26)20-12-17(2)18(3)13-23(20)28-24/h4-7,12-13,21-22,26-27H,8-11,14-15H2,1-3H3/t21-,22-/m0/s1. The molecule has 2 aliphatic heterocycles. The van der Waals surface area contributed by atoms with Gasteiger partial charge in [0, 0.05) is 31.6 Å². The Hall–Kier alpha value is -1.88. The molecular weight excluding hydrogens is 350 g/mol. The Morgan fingerprint density at radius 2 is 1.71 bits per heavy atom. The fraction of sp³-hybridized carbons (Fsp3) is 0.500. The zero-order chi connectivity index (χ0) is 19.9. The van der Waals surface area contributed by atoms with E-state index in [4.69, 9.17) is 4.74 Å². The number of fused-ring (bicyclic) bond motifs is 1. The SMILES string of the molecule is Cc1ccc([C@@H](O)CN2CCC3(CC2)C[C@H](O)c2cc(C)c(C)cc2O3)cc1. The lowest BCUT2D eigenvalue weighted by Crippen LogP contribution is -2.51. The lowest BCUT2D eigenvalue weighted by Gasteiger charge is -2.46. The molecule has 0 aromatic heterocycles. The number of aliphatic hydroxyl groups excluding tert-OH is 2. The zero-order valence-electron chi connectivity index (χ0n) is 17.1. The molecule has 4 rings (SSSR count). The van der Waals surface area contributed by atoms with Gasteiger partial charge in [-0.05, 0) is 62.4 Å². The molecule has 150 valence electrons. The molecule has 2 heterocycles. The largest absolute Gasteiger partial charge is 0.487 e. The van der Waals surface area contributed by atoms with Crippen LogP contribution in [-0.4, -0.2) is 40.3 Å². The van der Waals surface area contributed by atoms with Gasteiger partial charge < -0.3 is 19.8 Å². The Kier molecular flexibility index (Phi) is 5.21. The van der Waals surface area contributed by atoms with Gasteiger partial charge >= 0.3 is 0 Å². The number of aliphatic hydroxyl groups is 2. The maximum Gasteiger partial charge on any atom is 0.126 e. The highest BCUT2D eigenvalue weighted by atomic mass is 16.5. The number of aryl methyl sites for hydroxylation is 3. The summed E-state index contributed by atoms with van der Waals surface area (Å²) in [7, 11) is 0. The number of piperidine rings is 1. The quantitative estimate of drug-likeness (QED) is 0.844. The molecule has 2 atom stereocenters. The van der Waals surface area contributed by atoms with Crippen molar-refractivity contribution in [2.24, 2.45) is 0 Å². The number of benzene rings is 2. The summed E-state index contributed by atoms with van der Waals surface area (Å²) in [4.78, 5) is 2.31. The molecule has 0 unspecified atom stereocenters. The molecular formula is C24H31NO3. The van der Waals surface area contributed by atoms with Crippen LogP contribution in [0.2, 0.25) is 0 Å². The molecule has 0 amide bonds. The van der Waals surface area contributed by atoms with Crippen molar-refractivity contribution < 1.29 is 14.9 Å². The molecule has 0 bridgehead atoms. The average Bonchev–Trinajstić information content (AvgIpc) is 2.66. The Morgan fingerprint density at radius 1 is 1.07 bits per heavy atom. The summed E-state index contributed by atoms with van der Waals surface area (Å²) >= 11 is 0. The van der Waals surface area contributed by atoms with Gasteiger partial charge in [-0.25, -0.2) is 0 Å². The van der Waals surface area contributed by atoms with Gasteiger partial charge in [0.1, 0.15) is 11.4 Å². The minimum atomic E-state index is -0.473. The second-order valence-electron chi connectivity index (χ2n) is 8.71. The number of ether oxygens (including phenoxy) is 1. The molecule has 0 aliphatic carbocycles. The van der Waals surface area contributed by atoms with Crippen molar-refractivity contribution in [2.45, 2.75) is 57.8 Å². The molecule has 2 aromatic rings. The Balaban J connectivity index is 1.41. The van der Waals surface area contributed by atoms with Gasteiger partial charge in [0.15, 0.2) is 0 Å². The van der Waals surface area contributed by atoms with E-state index in [0.29, 0.717) is 13.0 Å². The summed E-state index contributed by atoms with van der Waals surface area (Å²) in [6.45, 7) is 8.59. The third-order valence-corrected chi connectivity index (χ3v) is 6.54. The fourth-order valence-electron chi connectivity index (χ4n) is 4.49. The lowest BCUT2D eigenvalue weighted by molar-refractivity contribution is -0.0588. The predicted molar refractivity (Wildman–Crippen MR) is 111 cm³/mol. The van der Waals surface area contributed by atoms with Crippen LogP contribution in [-0.2, 0) is 0 Å². The number of β-amino-alcohol motifs (C(OH)–C–C–N with tert-alkyl or cyclic N) is 1. The van der Waals surface area contributed by atoms with E-state index in [2.05, 4.69) is 37.8 Å². The molecule has 4 nitrogen and oxygen atoms in total. The van der Waals surface area contributed by atoms with Gasteiger partial charge in [-0.2, -0.15) is 0 Å². The summed E-state index contributed by atoms with van der Waals surface area (Å²) in [5.74, 6) is 0.843. The summed E-state index contributed by atoms with van der Waals surface area (Å²) in [5.41, 5.74) is 5.19. The van der Waals surface area contributed by atoms with Gasteiger partial charge in [-0.15, -0.1) is 0 Å². The van der Waals surface area contributed by atoms with E-state index in [1.165, 1.54) is 16.7 Å². The first-order valence-electron chi connectivity index (χ1n) is 10.3. The first kappa shape index (κ1) is 19.4. The van der Waals surface area contributed by atoms with Gasteiger partial charge in [0.2, 0.25) is 0 Å². The van der Waals surface area contributed by atoms with E-state index in [0.717, 1.165) is 42.8 Å². The smallest absolute Gasteiger partial charge is 0.126 e. The molecule has 2 N–H and O–H groups in total. The normalized spacial score (nSPS) is 22.5. The van der Waals surface area contributed by atoms with E-state index >= 15 is 0 Å². The van der Waals surface area contributed by atoms with Crippen LogP contribution in [0.25, 0.3) is 0 Å². The number of hydrogen-bond acceptors (Lipinski definition) is 4. The van der Waals surface area contributed by atoms with E-state index in [9.17, 15) is 10.2 Å².